The van der Waals surface area contributed by atoms with E-state index in [0.717, 1.165) is 45.9 Å². The number of hydrogen-bond acceptors (Lipinski definition) is 4. The van der Waals surface area contributed by atoms with Crippen molar-refractivity contribution >= 4 is 17.5 Å². The van der Waals surface area contributed by atoms with Gasteiger partial charge in [-0.2, -0.15) is 0 Å². The maximum Gasteiger partial charge on any atom is 0.224 e. The fourth-order valence-electron chi connectivity index (χ4n) is 3.54. The average Bonchev–Trinajstić information content (AvgIpc) is 3.13. The Bertz CT molecular complexity index is 1070. The quantitative estimate of drug-likeness (QED) is 0.692. The van der Waals surface area contributed by atoms with Gasteiger partial charge in [0.1, 0.15) is 11.9 Å². The number of nitrogens with zero attached hydrogens (tertiary/aromatic N) is 2. The predicted octanol–water partition coefficient (Wildman–Crippen LogP) is 4.08. The van der Waals surface area contributed by atoms with E-state index >= 15 is 0 Å². The lowest BCUT2D eigenvalue weighted by Crippen LogP contribution is -2.35. The number of hydrogen-bond donors (Lipinski definition) is 1. The van der Waals surface area contributed by atoms with Gasteiger partial charge in [-0.3, -0.25) is 9.78 Å². The van der Waals surface area contributed by atoms with Crippen molar-refractivity contribution in [2.24, 2.45) is 0 Å². The summed E-state index contributed by atoms with van der Waals surface area (Å²) in [5.74, 6) is 0.763. The molecule has 5 nitrogen and oxygen atoms in total. The maximum absolute atomic E-state index is 12.3. The number of carbonyl (C=O) groups is 1. The Labute approximate surface area is 175 Å². The van der Waals surface area contributed by atoms with Crippen molar-refractivity contribution in [2.45, 2.75) is 32.8 Å². The number of para-hydroxylation sites is 1. The highest BCUT2D eigenvalue weighted by atomic mass is 35.5. The molecule has 1 aliphatic heterocycles. The smallest absolute Gasteiger partial charge is 0.224 e. The Hall–Kier alpha value is -2.92. The summed E-state index contributed by atoms with van der Waals surface area (Å²) < 4.78 is 6.20. The molecule has 2 heterocycles. The first-order valence-corrected chi connectivity index (χ1v) is 9.98. The third-order valence-corrected chi connectivity index (χ3v) is 5.36. The first-order chi connectivity index (χ1) is 14.0. The Kier molecular flexibility index (Phi) is 5.49. The number of aryl methyl sites for hydroxylation is 2. The van der Waals surface area contributed by atoms with Gasteiger partial charge in [0, 0.05) is 23.2 Å². The van der Waals surface area contributed by atoms with Crippen molar-refractivity contribution in [3.8, 4) is 17.0 Å². The predicted molar refractivity (Wildman–Crippen MR) is 113 cm³/mol. The standard InChI is InChI=1S/C23H22ClN3O2/c1-14-12-25-15(2)22(27-14)19-8-5-7-17-10-18(29-23(17)19)13-26-21(28)11-16-6-3-4-9-20(16)24/h3-9,12,18H,10-11,13H2,1-2H3,(H,26,28). The van der Waals surface area contributed by atoms with Gasteiger partial charge >= 0.3 is 0 Å². The van der Waals surface area contributed by atoms with Gasteiger partial charge in [0.2, 0.25) is 5.91 Å². The molecule has 1 atom stereocenters. The maximum atomic E-state index is 12.3. The average molecular weight is 408 g/mol. The summed E-state index contributed by atoms with van der Waals surface area (Å²) in [5, 5.41) is 3.57. The molecule has 1 N–H and O–H groups in total. The van der Waals surface area contributed by atoms with Crippen LogP contribution in [0.3, 0.4) is 0 Å². The molecule has 0 fully saturated rings. The fourth-order valence-corrected chi connectivity index (χ4v) is 3.74. The topological polar surface area (TPSA) is 64.1 Å². The number of nitrogens with one attached hydrogen (secondary N) is 1. The van der Waals surface area contributed by atoms with Crippen LogP contribution in [-0.2, 0) is 17.6 Å². The molecule has 2 aromatic carbocycles. The Balaban J connectivity index is 1.44. The SMILES string of the molecule is Cc1cnc(C)c(-c2cccc3c2OC(CNC(=O)Cc2ccccc2Cl)C3)n1. The number of benzene rings is 2. The fraction of sp³-hybridized carbons (Fsp3) is 0.261. The molecule has 1 amide bonds. The molecule has 0 bridgehead atoms. The molecule has 3 aromatic rings. The highest BCUT2D eigenvalue weighted by Crippen LogP contribution is 2.38. The monoisotopic (exact) mass is 407 g/mol. The van der Waals surface area contributed by atoms with Gasteiger partial charge in [0.15, 0.2) is 0 Å². The summed E-state index contributed by atoms with van der Waals surface area (Å²) in [6.07, 6.45) is 2.65. The van der Waals surface area contributed by atoms with Crippen molar-refractivity contribution < 1.29 is 9.53 Å². The second kappa shape index (κ2) is 8.21. The highest BCUT2D eigenvalue weighted by molar-refractivity contribution is 6.31. The molecule has 0 aliphatic carbocycles. The minimum absolute atomic E-state index is 0.0710. The highest BCUT2D eigenvalue weighted by Gasteiger charge is 2.27. The van der Waals surface area contributed by atoms with Crippen LogP contribution in [0.1, 0.15) is 22.5 Å². The third-order valence-electron chi connectivity index (χ3n) is 5.00. The van der Waals surface area contributed by atoms with Gasteiger partial charge in [-0.05, 0) is 37.1 Å². The second-order valence-electron chi connectivity index (χ2n) is 7.26. The van der Waals surface area contributed by atoms with Gasteiger partial charge < -0.3 is 10.1 Å². The van der Waals surface area contributed by atoms with Crippen LogP contribution < -0.4 is 10.1 Å². The summed E-state index contributed by atoms with van der Waals surface area (Å²) in [6, 6.07) is 13.5. The summed E-state index contributed by atoms with van der Waals surface area (Å²) in [5.41, 5.74) is 5.45. The summed E-state index contributed by atoms with van der Waals surface area (Å²) in [4.78, 5) is 21.4. The zero-order valence-corrected chi connectivity index (χ0v) is 17.2. The molecule has 0 radical (unpaired) electrons. The first kappa shape index (κ1) is 19.4. The first-order valence-electron chi connectivity index (χ1n) is 9.60. The van der Waals surface area contributed by atoms with Crippen LogP contribution in [0, 0.1) is 13.8 Å². The van der Waals surface area contributed by atoms with Gasteiger partial charge in [0.05, 0.1) is 30.0 Å². The summed E-state index contributed by atoms with van der Waals surface area (Å²) in [6.45, 7) is 4.32. The van der Waals surface area contributed by atoms with E-state index in [9.17, 15) is 4.79 Å². The third kappa shape index (κ3) is 4.25. The molecular weight excluding hydrogens is 386 g/mol. The van der Waals surface area contributed by atoms with Crippen molar-refractivity contribution in [2.75, 3.05) is 6.54 Å². The molecule has 1 unspecified atom stereocenters. The van der Waals surface area contributed by atoms with Crippen LogP contribution in [0.5, 0.6) is 5.75 Å². The van der Waals surface area contributed by atoms with Crippen LogP contribution in [0.15, 0.2) is 48.7 Å². The van der Waals surface area contributed by atoms with E-state index in [0.29, 0.717) is 11.6 Å². The molecular formula is C23H22ClN3O2. The lowest BCUT2D eigenvalue weighted by Gasteiger charge is -2.14. The van der Waals surface area contributed by atoms with Crippen molar-refractivity contribution in [3.63, 3.8) is 0 Å². The van der Waals surface area contributed by atoms with Gasteiger partial charge in [0.25, 0.3) is 0 Å². The number of aromatic nitrogens is 2. The van der Waals surface area contributed by atoms with E-state index < -0.39 is 0 Å². The minimum atomic E-state index is -0.112. The molecule has 29 heavy (non-hydrogen) atoms. The summed E-state index contributed by atoms with van der Waals surface area (Å²) >= 11 is 6.14. The van der Waals surface area contributed by atoms with Crippen LogP contribution in [0.2, 0.25) is 5.02 Å². The van der Waals surface area contributed by atoms with Crippen LogP contribution in [0.25, 0.3) is 11.3 Å². The molecule has 1 aliphatic rings. The van der Waals surface area contributed by atoms with Crippen molar-refractivity contribution in [3.05, 3.63) is 76.2 Å². The van der Waals surface area contributed by atoms with Crippen molar-refractivity contribution in [1.82, 2.24) is 15.3 Å². The number of halogens is 1. The van der Waals surface area contributed by atoms with E-state index in [1.54, 1.807) is 12.3 Å². The van der Waals surface area contributed by atoms with Crippen LogP contribution >= 0.6 is 11.6 Å². The zero-order chi connectivity index (χ0) is 20.4. The van der Waals surface area contributed by atoms with Gasteiger partial charge in [-0.25, -0.2) is 4.98 Å². The van der Waals surface area contributed by atoms with Crippen LogP contribution in [-0.4, -0.2) is 28.5 Å². The normalized spacial score (nSPS) is 14.9. The lowest BCUT2D eigenvalue weighted by atomic mass is 10.0. The number of rotatable bonds is 5. The molecule has 1 aromatic heterocycles. The zero-order valence-electron chi connectivity index (χ0n) is 16.4. The van der Waals surface area contributed by atoms with Gasteiger partial charge in [-0.1, -0.05) is 41.9 Å². The van der Waals surface area contributed by atoms with E-state index in [1.807, 2.05) is 44.2 Å². The van der Waals surface area contributed by atoms with E-state index in [4.69, 9.17) is 16.3 Å². The second-order valence-corrected chi connectivity index (χ2v) is 7.66. The Morgan fingerprint density at radius 1 is 1.21 bits per heavy atom. The number of amides is 1. The molecule has 4 rings (SSSR count). The Morgan fingerprint density at radius 3 is 2.86 bits per heavy atom. The molecule has 0 spiro atoms. The molecule has 148 valence electrons. The Morgan fingerprint density at radius 2 is 2.03 bits per heavy atom. The molecule has 0 saturated carbocycles. The molecule has 0 saturated heterocycles. The largest absolute Gasteiger partial charge is 0.487 e. The van der Waals surface area contributed by atoms with Crippen molar-refractivity contribution in [1.29, 1.82) is 0 Å². The number of carbonyl (C=O) groups excluding carboxylic acids is 1. The van der Waals surface area contributed by atoms with E-state index in [1.165, 1.54) is 0 Å². The van der Waals surface area contributed by atoms with Crippen LogP contribution in [0.4, 0.5) is 0 Å². The minimum Gasteiger partial charge on any atom is -0.487 e. The summed E-state index contributed by atoms with van der Waals surface area (Å²) in [7, 11) is 0. The molecule has 6 heteroatoms. The number of ether oxygens (including phenoxy) is 1. The van der Waals surface area contributed by atoms with E-state index in [2.05, 4.69) is 21.4 Å². The lowest BCUT2D eigenvalue weighted by molar-refractivity contribution is -0.120. The van der Waals surface area contributed by atoms with Gasteiger partial charge in [-0.15, -0.1) is 0 Å². The number of fused-ring (bicyclic) bond motifs is 1. The van der Waals surface area contributed by atoms with E-state index in [-0.39, 0.29) is 18.4 Å².